The summed E-state index contributed by atoms with van der Waals surface area (Å²) in [6.45, 7) is 3.91. The smallest absolute Gasteiger partial charge is 0.405 e. The zero-order chi connectivity index (χ0) is 13.5. The van der Waals surface area contributed by atoms with Crippen molar-refractivity contribution in [3.63, 3.8) is 0 Å². The Labute approximate surface area is 106 Å². The Morgan fingerprint density at radius 3 is 2.56 bits per heavy atom. The predicted molar refractivity (Wildman–Crippen MR) is 68.2 cm³/mol. The molecule has 0 aliphatic heterocycles. The molecule has 0 radical (unpaired) electrons. The molecular formula is C13H16N2O3. The number of nitrogens with zero attached hydrogens (tertiary/aromatic N) is 1. The first-order chi connectivity index (χ1) is 8.56. The molecule has 1 aromatic rings. The van der Waals surface area contributed by atoms with Crippen LogP contribution in [0.4, 0.5) is 4.79 Å². The van der Waals surface area contributed by atoms with Crippen LogP contribution in [0, 0.1) is 0 Å². The zero-order valence-electron chi connectivity index (χ0n) is 10.2. The monoisotopic (exact) mass is 248 g/mol. The highest BCUT2D eigenvalue weighted by Crippen LogP contribution is 2.15. The lowest BCUT2D eigenvalue weighted by Crippen LogP contribution is -2.40. The van der Waals surface area contributed by atoms with E-state index in [2.05, 4.69) is 11.9 Å². The number of amides is 2. The van der Waals surface area contributed by atoms with E-state index in [0.29, 0.717) is 12.1 Å². The van der Waals surface area contributed by atoms with Gasteiger partial charge in [-0.15, -0.1) is 6.58 Å². The summed E-state index contributed by atoms with van der Waals surface area (Å²) in [6.07, 6.45) is 0.352. The van der Waals surface area contributed by atoms with Gasteiger partial charge in [-0.1, -0.05) is 36.4 Å². The molecule has 1 aromatic carbocycles. The summed E-state index contributed by atoms with van der Waals surface area (Å²) in [7, 11) is 1.60. The molecular weight excluding hydrogens is 232 g/mol. The van der Waals surface area contributed by atoms with E-state index >= 15 is 0 Å². The molecule has 0 spiro atoms. The maximum Gasteiger partial charge on any atom is 0.405 e. The fraction of sp³-hybridized carbons (Fsp3) is 0.231. The van der Waals surface area contributed by atoms with Crippen LogP contribution in [0.1, 0.15) is 11.6 Å². The number of carboxylic acid groups (broad SMARTS) is 1. The molecule has 2 N–H and O–H groups in total. The van der Waals surface area contributed by atoms with E-state index in [1.807, 2.05) is 0 Å². The van der Waals surface area contributed by atoms with Crippen molar-refractivity contribution in [2.24, 2.45) is 0 Å². The van der Waals surface area contributed by atoms with Crippen LogP contribution in [0.15, 0.2) is 43.0 Å². The third-order valence-electron chi connectivity index (χ3n) is 2.43. The van der Waals surface area contributed by atoms with E-state index in [4.69, 9.17) is 5.11 Å². The van der Waals surface area contributed by atoms with Gasteiger partial charge < -0.3 is 15.3 Å². The first-order valence-corrected chi connectivity index (χ1v) is 5.46. The Hall–Kier alpha value is -2.30. The predicted octanol–water partition coefficient (Wildman–Crippen LogP) is 1.64. The van der Waals surface area contributed by atoms with Crippen LogP contribution >= 0.6 is 0 Å². The Balaban J connectivity index is 2.95. The molecule has 96 valence electrons. The van der Waals surface area contributed by atoms with Crippen molar-refractivity contribution in [3.05, 3.63) is 48.6 Å². The van der Waals surface area contributed by atoms with Gasteiger partial charge in [0, 0.05) is 13.6 Å². The number of benzene rings is 1. The van der Waals surface area contributed by atoms with E-state index < -0.39 is 12.1 Å². The molecule has 1 atom stereocenters. The Morgan fingerprint density at radius 1 is 1.44 bits per heavy atom. The van der Waals surface area contributed by atoms with Gasteiger partial charge in [0.1, 0.15) is 6.04 Å². The van der Waals surface area contributed by atoms with Crippen LogP contribution in [0.3, 0.4) is 0 Å². The van der Waals surface area contributed by atoms with Crippen LogP contribution in [-0.4, -0.2) is 35.6 Å². The van der Waals surface area contributed by atoms with Crippen molar-refractivity contribution in [3.8, 4) is 0 Å². The quantitative estimate of drug-likeness (QED) is 0.778. The average Bonchev–Trinajstić information content (AvgIpc) is 2.36. The molecule has 5 nitrogen and oxygen atoms in total. The summed E-state index contributed by atoms with van der Waals surface area (Å²) >= 11 is 0. The van der Waals surface area contributed by atoms with Gasteiger partial charge in [-0.3, -0.25) is 4.79 Å². The summed E-state index contributed by atoms with van der Waals surface area (Å²) in [6, 6.07) is 7.84. The molecule has 1 rings (SSSR count). The number of nitrogens with one attached hydrogen (secondary N) is 1. The van der Waals surface area contributed by atoms with E-state index in [-0.39, 0.29) is 5.91 Å². The zero-order valence-corrected chi connectivity index (χ0v) is 10.2. The Kier molecular flexibility index (Phi) is 4.92. The van der Waals surface area contributed by atoms with Gasteiger partial charge in [-0.25, -0.2) is 4.79 Å². The maximum atomic E-state index is 12.1. The van der Waals surface area contributed by atoms with Crippen molar-refractivity contribution in [2.75, 3.05) is 13.6 Å². The number of carbonyl (C=O) groups excluding carboxylic acids is 1. The summed E-state index contributed by atoms with van der Waals surface area (Å²) in [4.78, 5) is 24.3. The van der Waals surface area contributed by atoms with E-state index in [1.165, 1.54) is 4.90 Å². The number of hydrogen-bond acceptors (Lipinski definition) is 2. The highest BCUT2D eigenvalue weighted by Gasteiger charge is 2.24. The van der Waals surface area contributed by atoms with Gasteiger partial charge >= 0.3 is 6.09 Å². The number of hydrogen-bond donors (Lipinski definition) is 2. The minimum absolute atomic E-state index is 0.316. The lowest BCUT2D eigenvalue weighted by Gasteiger charge is -2.22. The molecule has 0 aromatic heterocycles. The van der Waals surface area contributed by atoms with Crippen molar-refractivity contribution in [2.45, 2.75) is 6.04 Å². The van der Waals surface area contributed by atoms with Crippen LogP contribution in [0.5, 0.6) is 0 Å². The molecule has 0 aliphatic carbocycles. The largest absolute Gasteiger partial charge is 0.465 e. The van der Waals surface area contributed by atoms with Crippen LogP contribution in [0.25, 0.3) is 0 Å². The fourth-order valence-corrected chi connectivity index (χ4v) is 1.56. The molecule has 0 aliphatic rings. The second-order valence-corrected chi connectivity index (χ2v) is 3.80. The molecule has 2 amide bonds. The molecule has 0 heterocycles. The van der Waals surface area contributed by atoms with Gasteiger partial charge in [-0.2, -0.15) is 0 Å². The Bertz CT molecular complexity index is 431. The lowest BCUT2D eigenvalue weighted by molar-refractivity contribution is -0.131. The lowest BCUT2D eigenvalue weighted by atomic mass is 10.1. The molecule has 5 heteroatoms. The number of likely N-dealkylation sites (N-methyl/N-ethyl adjacent to an activating group) is 1. The summed E-state index contributed by atoms with van der Waals surface area (Å²) < 4.78 is 0. The summed E-state index contributed by atoms with van der Waals surface area (Å²) in [5.41, 5.74) is 0.612. The molecule has 0 saturated carbocycles. The van der Waals surface area contributed by atoms with E-state index in [9.17, 15) is 9.59 Å². The fourth-order valence-electron chi connectivity index (χ4n) is 1.56. The maximum absolute atomic E-state index is 12.1. The van der Waals surface area contributed by atoms with Crippen LogP contribution < -0.4 is 5.32 Å². The van der Waals surface area contributed by atoms with Gasteiger partial charge in [0.25, 0.3) is 0 Å². The van der Waals surface area contributed by atoms with Gasteiger partial charge in [0.15, 0.2) is 0 Å². The number of carbonyl (C=O) groups is 2. The summed E-state index contributed by atoms with van der Waals surface area (Å²) in [5.74, 6) is -0.316. The first kappa shape index (κ1) is 13.8. The standard InChI is InChI=1S/C13H16N2O3/c1-3-9-15(2)12(16)11(14-13(17)18)10-7-5-4-6-8-10/h3-8,11,14H,1,9H2,2H3,(H,17,18). The molecule has 18 heavy (non-hydrogen) atoms. The van der Waals surface area contributed by atoms with Crippen LogP contribution in [-0.2, 0) is 4.79 Å². The van der Waals surface area contributed by atoms with E-state index in [0.717, 1.165) is 0 Å². The van der Waals surface area contributed by atoms with Gasteiger partial charge in [-0.05, 0) is 5.56 Å². The van der Waals surface area contributed by atoms with Crippen molar-refractivity contribution < 1.29 is 14.7 Å². The van der Waals surface area contributed by atoms with Gasteiger partial charge in [0.2, 0.25) is 5.91 Å². The first-order valence-electron chi connectivity index (χ1n) is 5.46. The van der Waals surface area contributed by atoms with Crippen LogP contribution in [0.2, 0.25) is 0 Å². The van der Waals surface area contributed by atoms with Gasteiger partial charge in [0.05, 0.1) is 0 Å². The summed E-state index contributed by atoms with van der Waals surface area (Å²) in [5, 5.41) is 11.0. The van der Waals surface area contributed by atoms with Crippen molar-refractivity contribution in [1.29, 1.82) is 0 Å². The Morgan fingerprint density at radius 2 is 2.06 bits per heavy atom. The highest BCUT2D eigenvalue weighted by molar-refractivity contribution is 5.86. The third-order valence-corrected chi connectivity index (χ3v) is 2.43. The third kappa shape index (κ3) is 3.62. The highest BCUT2D eigenvalue weighted by atomic mass is 16.4. The average molecular weight is 248 g/mol. The molecule has 0 fully saturated rings. The minimum Gasteiger partial charge on any atom is -0.465 e. The minimum atomic E-state index is -1.23. The molecule has 0 saturated heterocycles. The number of rotatable bonds is 5. The van der Waals surface area contributed by atoms with Crippen molar-refractivity contribution in [1.82, 2.24) is 10.2 Å². The topological polar surface area (TPSA) is 69.6 Å². The second-order valence-electron chi connectivity index (χ2n) is 3.80. The second kappa shape index (κ2) is 6.44. The molecule has 0 bridgehead atoms. The van der Waals surface area contributed by atoms with Crippen molar-refractivity contribution >= 4 is 12.0 Å². The SMILES string of the molecule is C=CCN(C)C(=O)C(NC(=O)O)c1ccccc1. The van der Waals surface area contributed by atoms with E-state index in [1.54, 1.807) is 43.5 Å². The molecule has 1 unspecified atom stereocenters. The normalized spacial score (nSPS) is 11.4.